The Labute approximate surface area is 173 Å². The van der Waals surface area contributed by atoms with E-state index in [4.69, 9.17) is 0 Å². The topological polar surface area (TPSA) is 50.5 Å². The minimum Gasteiger partial charge on any atom is -0.338 e. The number of imidazole rings is 1. The van der Waals surface area contributed by atoms with E-state index in [1.54, 1.807) is 10.6 Å². The van der Waals surface area contributed by atoms with E-state index in [0.717, 1.165) is 36.2 Å². The standard InChI is InChI=1S/C21H17F3N4OS/c22-21(23,24)15-14-18-25-9-12-28(18)17(13-7-3-1-4-8-13)26-19(14)30-16(15)20(29)27-10-5-2-6-11-27/h1,3-4,7-9,12H,2,5-6,10-11H2. The molecule has 1 aromatic carbocycles. The zero-order chi connectivity index (χ0) is 20.9. The third kappa shape index (κ3) is 3.04. The highest BCUT2D eigenvalue weighted by molar-refractivity contribution is 7.20. The number of halogens is 3. The summed E-state index contributed by atoms with van der Waals surface area (Å²) in [5.74, 6) is -0.0847. The number of nitrogens with zero attached hydrogens (tertiary/aromatic N) is 4. The number of benzene rings is 1. The highest BCUT2D eigenvalue weighted by Gasteiger charge is 2.42. The summed E-state index contributed by atoms with van der Waals surface area (Å²) in [7, 11) is 0. The van der Waals surface area contributed by atoms with Gasteiger partial charge in [-0.25, -0.2) is 9.97 Å². The number of thiophene rings is 1. The lowest BCUT2D eigenvalue weighted by atomic mass is 10.1. The van der Waals surface area contributed by atoms with Crippen LogP contribution in [0.15, 0.2) is 42.7 Å². The number of carbonyl (C=O) groups excluding carboxylic acids is 1. The normalized spacial score (nSPS) is 15.2. The van der Waals surface area contributed by atoms with Crippen LogP contribution in [-0.2, 0) is 6.18 Å². The molecule has 30 heavy (non-hydrogen) atoms. The molecule has 0 aliphatic carbocycles. The summed E-state index contributed by atoms with van der Waals surface area (Å²) in [6.07, 6.45) is 0.944. The summed E-state index contributed by atoms with van der Waals surface area (Å²) < 4.78 is 44.1. The lowest BCUT2D eigenvalue weighted by Crippen LogP contribution is -2.36. The smallest absolute Gasteiger partial charge is 0.338 e. The summed E-state index contributed by atoms with van der Waals surface area (Å²) in [6.45, 7) is 0.956. The Morgan fingerprint density at radius 2 is 1.80 bits per heavy atom. The maximum Gasteiger partial charge on any atom is 0.418 e. The van der Waals surface area contributed by atoms with E-state index in [2.05, 4.69) is 9.97 Å². The van der Waals surface area contributed by atoms with Crippen LogP contribution in [0, 0.1) is 0 Å². The first-order chi connectivity index (χ1) is 14.4. The molecule has 0 saturated carbocycles. The Hall–Kier alpha value is -2.94. The molecule has 1 fully saturated rings. The van der Waals surface area contributed by atoms with E-state index >= 15 is 0 Å². The second-order valence-corrected chi connectivity index (χ2v) is 8.26. The fourth-order valence-electron chi connectivity index (χ4n) is 3.97. The van der Waals surface area contributed by atoms with E-state index < -0.39 is 17.6 Å². The summed E-state index contributed by atoms with van der Waals surface area (Å²) in [4.78, 5) is 23.2. The van der Waals surface area contributed by atoms with Gasteiger partial charge < -0.3 is 4.90 Å². The van der Waals surface area contributed by atoms with Gasteiger partial charge in [0.2, 0.25) is 0 Å². The lowest BCUT2D eigenvalue weighted by Gasteiger charge is -2.26. The number of rotatable bonds is 2. The second-order valence-electron chi connectivity index (χ2n) is 7.26. The number of carbonyl (C=O) groups is 1. The van der Waals surface area contributed by atoms with Crippen molar-refractivity contribution in [3.05, 3.63) is 53.2 Å². The van der Waals surface area contributed by atoms with Gasteiger partial charge in [0.05, 0.1) is 10.9 Å². The molecule has 3 aromatic heterocycles. The van der Waals surface area contributed by atoms with Crippen molar-refractivity contribution in [1.82, 2.24) is 19.3 Å². The first kappa shape index (κ1) is 19.0. The summed E-state index contributed by atoms with van der Waals surface area (Å²) in [6, 6.07) is 9.21. The van der Waals surface area contributed by atoms with Crippen LogP contribution in [0.3, 0.4) is 0 Å². The molecule has 4 aromatic rings. The van der Waals surface area contributed by atoms with Crippen molar-refractivity contribution in [3.63, 3.8) is 0 Å². The Morgan fingerprint density at radius 3 is 2.50 bits per heavy atom. The van der Waals surface area contributed by atoms with Crippen LogP contribution in [0.2, 0.25) is 0 Å². The average Bonchev–Trinajstić information content (AvgIpc) is 3.38. The number of hydrogen-bond donors (Lipinski definition) is 0. The SMILES string of the molecule is O=C(c1sc2nc(-c3ccccc3)n3ccnc3c2c1C(F)(F)F)N1CCCCC1. The van der Waals surface area contributed by atoms with E-state index in [9.17, 15) is 18.0 Å². The van der Waals surface area contributed by atoms with Crippen molar-refractivity contribution in [2.75, 3.05) is 13.1 Å². The molecule has 5 nitrogen and oxygen atoms in total. The largest absolute Gasteiger partial charge is 0.418 e. The van der Waals surface area contributed by atoms with Gasteiger partial charge in [0.25, 0.3) is 5.91 Å². The molecule has 1 saturated heterocycles. The number of likely N-dealkylation sites (tertiary alicyclic amines) is 1. The molecule has 154 valence electrons. The minimum absolute atomic E-state index is 0.113. The third-order valence-electron chi connectivity index (χ3n) is 5.34. The maximum absolute atomic E-state index is 14.2. The van der Waals surface area contributed by atoms with Crippen LogP contribution in [-0.4, -0.2) is 38.3 Å². The van der Waals surface area contributed by atoms with Gasteiger partial charge in [-0.1, -0.05) is 30.3 Å². The van der Waals surface area contributed by atoms with Crippen molar-refractivity contribution < 1.29 is 18.0 Å². The molecule has 0 spiro atoms. The van der Waals surface area contributed by atoms with Crippen LogP contribution in [0.1, 0.15) is 34.5 Å². The molecule has 4 heterocycles. The van der Waals surface area contributed by atoms with Crippen LogP contribution in [0.25, 0.3) is 27.3 Å². The van der Waals surface area contributed by atoms with Gasteiger partial charge in [-0.05, 0) is 19.3 Å². The van der Waals surface area contributed by atoms with Crippen LogP contribution < -0.4 is 0 Å². The number of amides is 1. The lowest BCUT2D eigenvalue weighted by molar-refractivity contribution is -0.136. The Kier molecular flexibility index (Phi) is 4.50. The quantitative estimate of drug-likeness (QED) is 0.436. The van der Waals surface area contributed by atoms with Crippen LogP contribution in [0.5, 0.6) is 0 Å². The van der Waals surface area contributed by atoms with E-state index in [1.807, 2.05) is 30.3 Å². The van der Waals surface area contributed by atoms with Crippen molar-refractivity contribution >= 4 is 33.1 Å². The van der Waals surface area contributed by atoms with Gasteiger partial charge in [-0.3, -0.25) is 9.20 Å². The zero-order valence-electron chi connectivity index (χ0n) is 15.8. The van der Waals surface area contributed by atoms with Crippen molar-refractivity contribution in [2.45, 2.75) is 25.4 Å². The molecular formula is C21H17F3N4OS. The van der Waals surface area contributed by atoms with Crippen LogP contribution in [0.4, 0.5) is 13.2 Å². The molecule has 0 bridgehead atoms. The van der Waals surface area contributed by atoms with E-state index in [-0.39, 0.29) is 20.7 Å². The maximum atomic E-state index is 14.2. The van der Waals surface area contributed by atoms with Gasteiger partial charge in [0.15, 0.2) is 0 Å². The number of piperidine rings is 1. The predicted molar refractivity (Wildman–Crippen MR) is 109 cm³/mol. The molecular weight excluding hydrogens is 413 g/mol. The van der Waals surface area contributed by atoms with Crippen molar-refractivity contribution in [2.24, 2.45) is 0 Å². The number of fused-ring (bicyclic) bond motifs is 3. The minimum atomic E-state index is -4.69. The Morgan fingerprint density at radius 1 is 1.07 bits per heavy atom. The number of hydrogen-bond acceptors (Lipinski definition) is 4. The van der Waals surface area contributed by atoms with E-state index in [0.29, 0.717) is 18.9 Å². The van der Waals surface area contributed by atoms with Crippen molar-refractivity contribution in [3.8, 4) is 11.4 Å². The first-order valence-corrected chi connectivity index (χ1v) is 10.5. The summed E-state index contributed by atoms with van der Waals surface area (Å²) >= 11 is 0.804. The molecule has 0 atom stereocenters. The fourth-order valence-corrected chi connectivity index (χ4v) is 5.12. The third-order valence-corrected chi connectivity index (χ3v) is 6.41. The van der Waals surface area contributed by atoms with Crippen LogP contribution >= 0.6 is 11.3 Å². The van der Waals surface area contributed by atoms with Gasteiger partial charge >= 0.3 is 6.18 Å². The zero-order valence-corrected chi connectivity index (χ0v) is 16.6. The Balaban J connectivity index is 1.79. The monoisotopic (exact) mass is 430 g/mol. The first-order valence-electron chi connectivity index (χ1n) is 9.66. The molecule has 1 amide bonds. The highest BCUT2D eigenvalue weighted by Crippen LogP contribution is 2.44. The second kappa shape index (κ2) is 7.09. The summed E-state index contributed by atoms with van der Waals surface area (Å²) in [5.41, 5.74) is -0.0187. The predicted octanol–water partition coefficient (Wildman–Crippen LogP) is 5.26. The van der Waals surface area contributed by atoms with E-state index in [1.165, 1.54) is 11.1 Å². The highest BCUT2D eigenvalue weighted by atomic mass is 32.1. The molecule has 1 aliphatic rings. The molecule has 0 radical (unpaired) electrons. The van der Waals surface area contributed by atoms with Crippen molar-refractivity contribution in [1.29, 1.82) is 0 Å². The fraction of sp³-hybridized carbons (Fsp3) is 0.286. The van der Waals surface area contributed by atoms with Gasteiger partial charge in [0.1, 0.15) is 21.2 Å². The summed E-state index contributed by atoms with van der Waals surface area (Å²) in [5, 5.41) is -0.113. The molecule has 5 rings (SSSR count). The Bertz CT molecular complexity index is 1240. The van der Waals surface area contributed by atoms with Gasteiger partial charge in [0, 0.05) is 31.0 Å². The number of alkyl halides is 3. The molecule has 9 heteroatoms. The van der Waals surface area contributed by atoms with Gasteiger partial charge in [-0.2, -0.15) is 13.2 Å². The molecule has 0 N–H and O–H groups in total. The molecule has 1 aliphatic heterocycles. The average molecular weight is 430 g/mol. The number of aromatic nitrogens is 3. The van der Waals surface area contributed by atoms with Gasteiger partial charge in [-0.15, -0.1) is 11.3 Å². The molecule has 0 unspecified atom stereocenters.